The molecule has 2 aromatic rings. The summed E-state index contributed by atoms with van der Waals surface area (Å²) in [7, 11) is 0. The van der Waals surface area contributed by atoms with Crippen molar-refractivity contribution in [2.24, 2.45) is 0 Å². The van der Waals surface area contributed by atoms with Gasteiger partial charge in [-0.25, -0.2) is 0 Å². The monoisotopic (exact) mass is 427 g/mol. The van der Waals surface area contributed by atoms with Gasteiger partial charge in [-0.1, -0.05) is 48.9 Å². The number of hydrogen-bond acceptors (Lipinski definition) is 3. The molecule has 0 aliphatic heterocycles. The fourth-order valence-electron chi connectivity index (χ4n) is 2.61. The molecule has 9 heteroatoms. The fraction of sp³-hybridized carbons (Fsp3) is 0.300. The summed E-state index contributed by atoms with van der Waals surface area (Å²) in [4.78, 5) is 25.9. The number of alkyl halides is 3. The van der Waals surface area contributed by atoms with E-state index in [2.05, 4.69) is 10.6 Å². The number of likely N-dealkylation sites (N-methyl/N-ethyl adjacent to an activating group) is 1. The van der Waals surface area contributed by atoms with Gasteiger partial charge in [-0.15, -0.1) is 0 Å². The number of anilines is 1. The molecule has 2 aromatic carbocycles. The molecule has 0 spiro atoms. The summed E-state index contributed by atoms with van der Waals surface area (Å²) >= 11 is 6.04. The summed E-state index contributed by atoms with van der Waals surface area (Å²) in [6, 6.07) is 11.8. The third-order valence-corrected chi connectivity index (χ3v) is 4.49. The Morgan fingerprint density at radius 2 is 1.62 bits per heavy atom. The minimum absolute atomic E-state index is 0.0741. The maximum Gasteiger partial charge on any atom is 0.418 e. The summed E-state index contributed by atoms with van der Waals surface area (Å²) in [6.07, 6.45) is -4.58. The van der Waals surface area contributed by atoms with Crippen LogP contribution in [0.3, 0.4) is 0 Å². The smallest absolute Gasteiger partial charge is 0.351 e. The van der Waals surface area contributed by atoms with Gasteiger partial charge in [0.1, 0.15) is 0 Å². The fourth-order valence-corrected chi connectivity index (χ4v) is 2.81. The maximum atomic E-state index is 13.0. The molecule has 0 fully saturated rings. The Hall–Kier alpha value is -2.58. The van der Waals surface area contributed by atoms with Crippen molar-refractivity contribution < 1.29 is 22.8 Å². The first-order valence-electron chi connectivity index (χ1n) is 8.89. The van der Waals surface area contributed by atoms with E-state index >= 15 is 0 Å². The van der Waals surface area contributed by atoms with Crippen LogP contribution in [0.25, 0.3) is 0 Å². The van der Waals surface area contributed by atoms with E-state index in [9.17, 15) is 22.8 Å². The Labute approximate surface area is 171 Å². The van der Waals surface area contributed by atoms with Gasteiger partial charge >= 0.3 is 6.18 Å². The summed E-state index contributed by atoms with van der Waals surface area (Å²) in [5.74, 6) is -0.960. The van der Waals surface area contributed by atoms with E-state index in [-0.39, 0.29) is 31.2 Å². The maximum absolute atomic E-state index is 13.0. The van der Waals surface area contributed by atoms with E-state index in [0.29, 0.717) is 11.6 Å². The number of para-hydroxylation sites is 1. The summed E-state index contributed by atoms with van der Waals surface area (Å²) in [5, 5.41) is 5.51. The van der Waals surface area contributed by atoms with Gasteiger partial charge in [0.25, 0.3) is 0 Å². The largest absolute Gasteiger partial charge is 0.418 e. The van der Waals surface area contributed by atoms with Crippen LogP contribution in [-0.2, 0) is 22.3 Å². The minimum Gasteiger partial charge on any atom is -0.351 e. The highest BCUT2D eigenvalue weighted by Crippen LogP contribution is 2.34. The van der Waals surface area contributed by atoms with E-state index in [0.717, 1.165) is 11.6 Å². The Balaban J connectivity index is 1.90. The number of nitrogens with zero attached hydrogens (tertiary/aromatic N) is 1. The van der Waals surface area contributed by atoms with Gasteiger partial charge in [0, 0.05) is 11.6 Å². The summed E-state index contributed by atoms with van der Waals surface area (Å²) < 4.78 is 39.1. The molecule has 0 radical (unpaired) electrons. The van der Waals surface area contributed by atoms with Gasteiger partial charge in [-0.3, -0.25) is 14.5 Å². The first-order chi connectivity index (χ1) is 13.7. The highest BCUT2D eigenvalue weighted by molar-refractivity contribution is 6.31. The lowest BCUT2D eigenvalue weighted by Gasteiger charge is -2.20. The summed E-state index contributed by atoms with van der Waals surface area (Å²) in [5.41, 5.74) is -0.481. The minimum atomic E-state index is -4.58. The second-order valence-corrected chi connectivity index (χ2v) is 6.67. The van der Waals surface area contributed by atoms with Crippen molar-refractivity contribution in [3.8, 4) is 0 Å². The molecule has 0 bridgehead atoms. The Morgan fingerprint density at radius 3 is 2.28 bits per heavy atom. The van der Waals surface area contributed by atoms with Crippen LogP contribution in [0.15, 0.2) is 48.5 Å². The lowest BCUT2D eigenvalue weighted by atomic mass is 10.1. The van der Waals surface area contributed by atoms with E-state index < -0.39 is 17.6 Å². The predicted octanol–water partition coefficient (Wildman–Crippen LogP) is 3.94. The third-order valence-electron chi connectivity index (χ3n) is 4.12. The summed E-state index contributed by atoms with van der Waals surface area (Å²) in [6.45, 7) is 2.06. The topological polar surface area (TPSA) is 61.4 Å². The van der Waals surface area contributed by atoms with Crippen LogP contribution in [0.4, 0.5) is 18.9 Å². The molecular weight excluding hydrogens is 407 g/mol. The first kappa shape index (κ1) is 22.7. The lowest BCUT2D eigenvalue weighted by Crippen LogP contribution is -2.41. The van der Waals surface area contributed by atoms with Crippen LogP contribution < -0.4 is 10.6 Å². The van der Waals surface area contributed by atoms with Crippen LogP contribution in [0.1, 0.15) is 18.1 Å². The molecule has 0 atom stereocenters. The molecule has 0 saturated heterocycles. The zero-order valence-electron chi connectivity index (χ0n) is 15.7. The van der Waals surface area contributed by atoms with Crippen LogP contribution in [0, 0.1) is 0 Å². The molecule has 29 heavy (non-hydrogen) atoms. The van der Waals surface area contributed by atoms with Gasteiger partial charge in [-0.2, -0.15) is 13.2 Å². The number of amides is 2. The van der Waals surface area contributed by atoms with Gasteiger partial charge in [-0.05, 0) is 30.3 Å². The Bertz CT molecular complexity index is 859. The van der Waals surface area contributed by atoms with Gasteiger partial charge in [0.15, 0.2) is 0 Å². The second kappa shape index (κ2) is 10.3. The van der Waals surface area contributed by atoms with Crippen molar-refractivity contribution >= 4 is 29.1 Å². The number of benzene rings is 2. The van der Waals surface area contributed by atoms with E-state index in [4.69, 9.17) is 11.6 Å². The molecule has 0 aliphatic carbocycles. The molecule has 0 aliphatic rings. The van der Waals surface area contributed by atoms with E-state index in [1.807, 2.05) is 0 Å². The number of hydrogen-bond donors (Lipinski definition) is 2. The van der Waals surface area contributed by atoms with E-state index in [1.54, 1.807) is 31.2 Å². The molecule has 2 amide bonds. The molecule has 2 N–H and O–H groups in total. The molecule has 5 nitrogen and oxygen atoms in total. The van der Waals surface area contributed by atoms with Crippen molar-refractivity contribution in [2.75, 3.05) is 25.0 Å². The molecule has 156 valence electrons. The number of carbonyl (C=O) groups excluding carboxylic acids is 2. The average molecular weight is 428 g/mol. The van der Waals surface area contributed by atoms with Gasteiger partial charge in [0.2, 0.25) is 11.8 Å². The lowest BCUT2D eigenvalue weighted by molar-refractivity contribution is -0.137. The van der Waals surface area contributed by atoms with Crippen LogP contribution in [0.5, 0.6) is 0 Å². The van der Waals surface area contributed by atoms with Crippen molar-refractivity contribution in [1.29, 1.82) is 0 Å². The molecule has 2 rings (SSSR count). The molecule has 0 unspecified atom stereocenters. The van der Waals surface area contributed by atoms with Gasteiger partial charge in [0.05, 0.1) is 24.3 Å². The van der Waals surface area contributed by atoms with Crippen molar-refractivity contribution in [3.63, 3.8) is 0 Å². The third kappa shape index (κ3) is 7.07. The number of rotatable bonds is 8. The van der Waals surface area contributed by atoms with Crippen LogP contribution in [-0.4, -0.2) is 36.3 Å². The molecule has 0 heterocycles. The first-order valence-corrected chi connectivity index (χ1v) is 9.27. The van der Waals surface area contributed by atoms with Crippen molar-refractivity contribution in [3.05, 3.63) is 64.7 Å². The number of carbonyl (C=O) groups is 2. The molecule has 0 aromatic heterocycles. The number of nitrogens with one attached hydrogen (secondary N) is 2. The highest BCUT2D eigenvalue weighted by Gasteiger charge is 2.33. The molecular formula is C20H21ClF3N3O2. The van der Waals surface area contributed by atoms with Crippen LogP contribution >= 0.6 is 11.6 Å². The Kier molecular flexibility index (Phi) is 8.04. The normalized spacial score (nSPS) is 11.4. The predicted molar refractivity (Wildman–Crippen MR) is 105 cm³/mol. The van der Waals surface area contributed by atoms with Crippen LogP contribution in [0.2, 0.25) is 5.02 Å². The average Bonchev–Trinajstić information content (AvgIpc) is 2.66. The highest BCUT2D eigenvalue weighted by atomic mass is 35.5. The zero-order chi connectivity index (χ0) is 21.4. The SMILES string of the molecule is CCN(CC(=O)NCc1ccccc1Cl)CC(=O)Nc1ccccc1C(F)(F)F. The van der Waals surface area contributed by atoms with Gasteiger partial charge < -0.3 is 10.6 Å². The standard InChI is InChI=1S/C20H21ClF3N3O2/c1-2-27(12-18(28)25-11-14-7-3-5-9-16(14)21)13-19(29)26-17-10-6-4-8-15(17)20(22,23)24/h3-10H,2,11-13H2,1H3,(H,25,28)(H,26,29). The van der Waals surface area contributed by atoms with E-state index in [1.165, 1.54) is 23.1 Å². The Morgan fingerprint density at radius 1 is 1.00 bits per heavy atom. The van der Waals surface area contributed by atoms with Crippen molar-refractivity contribution in [2.45, 2.75) is 19.6 Å². The second-order valence-electron chi connectivity index (χ2n) is 6.26. The zero-order valence-corrected chi connectivity index (χ0v) is 16.5. The number of halogens is 4. The van der Waals surface area contributed by atoms with Crippen molar-refractivity contribution in [1.82, 2.24) is 10.2 Å². The molecule has 0 saturated carbocycles. The quantitative estimate of drug-likeness (QED) is 0.671.